The van der Waals surface area contributed by atoms with Crippen LogP contribution in [0.1, 0.15) is 37.3 Å². The van der Waals surface area contributed by atoms with Crippen molar-refractivity contribution in [3.63, 3.8) is 0 Å². The molecule has 1 unspecified atom stereocenters. The molecule has 8 nitrogen and oxygen atoms in total. The van der Waals surface area contributed by atoms with E-state index in [9.17, 15) is 9.59 Å². The van der Waals surface area contributed by atoms with Crippen LogP contribution in [0.4, 0.5) is 0 Å². The van der Waals surface area contributed by atoms with Crippen molar-refractivity contribution in [3.8, 4) is 24.7 Å². The lowest BCUT2D eigenvalue weighted by atomic mass is 10.1. The molecule has 0 aliphatic carbocycles. The Balaban J connectivity index is 0.00000298. The van der Waals surface area contributed by atoms with E-state index in [1.54, 1.807) is 0 Å². The van der Waals surface area contributed by atoms with Gasteiger partial charge in [0.2, 0.25) is 5.91 Å². The summed E-state index contributed by atoms with van der Waals surface area (Å²) < 4.78 is 0. The van der Waals surface area contributed by atoms with Crippen LogP contribution in [-0.4, -0.2) is 49.7 Å². The second-order valence-electron chi connectivity index (χ2n) is 7.52. The molecule has 2 amide bonds. The van der Waals surface area contributed by atoms with Gasteiger partial charge in [-0.25, -0.2) is 10.4 Å². The van der Waals surface area contributed by atoms with Crippen molar-refractivity contribution in [1.29, 1.82) is 0 Å². The lowest BCUT2D eigenvalue weighted by molar-refractivity contribution is -0.122. The van der Waals surface area contributed by atoms with Crippen molar-refractivity contribution in [2.75, 3.05) is 26.7 Å². The predicted octanol–water partition coefficient (Wildman–Crippen LogP) is 1.45. The Morgan fingerprint density at radius 2 is 1.89 bits per heavy atom. The van der Waals surface area contributed by atoms with Gasteiger partial charge >= 0.3 is 0 Å². The lowest BCUT2D eigenvalue weighted by Gasteiger charge is -2.16. The summed E-state index contributed by atoms with van der Waals surface area (Å²) in [5, 5.41) is 10.3. The van der Waals surface area contributed by atoms with Crippen LogP contribution in [-0.2, 0) is 9.59 Å². The van der Waals surface area contributed by atoms with Crippen molar-refractivity contribution in [3.05, 3.63) is 65.9 Å². The van der Waals surface area contributed by atoms with E-state index in [1.807, 2.05) is 49.4 Å². The fourth-order valence-electron chi connectivity index (χ4n) is 3.12. The number of carbonyl (C=O) groups is 2. The molecule has 35 heavy (non-hydrogen) atoms. The van der Waals surface area contributed by atoms with Crippen LogP contribution >= 0.6 is 0 Å². The molecule has 1 atom stereocenters. The van der Waals surface area contributed by atoms with E-state index >= 15 is 0 Å². The molecule has 1 aromatic rings. The minimum atomic E-state index is -0.859. The molecule has 0 aromatic heterocycles. The third-order valence-corrected chi connectivity index (χ3v) is 5.01. The number of amides is 2. The predicted molar refractivity (Wildman–Crippen MR) is 142 cm³/mol. The van der Waals surface area contributed by atoms with Gasteiger partial charge in [-0.05, 0) is 43.5 Å². The molecule has 6 N–H and O–H groups in total. The smallest absolute Gasteiger partial charge is 0.257 e. The van der Waals surface area contributed by atoms with Crippen molar-refractivity contribution in [1.82, 2.24) is 26.4 Å². The number of nitrogens with one attached hydrogen (secondary N) is 4. The molecule has 1 heterocycles. The Hall–Kier alpha value is -3.82. The highest BCUT2D eigenvalue weighted by atomic mass is 16.2. The van der Waals surface area contributed by atoms with Gasteiger partial charge in [0, 0.05) is 43.5 Å². The number of hydrogen-bond donors (Lipinski definition) is 5. The van der Waals surface area contributed by atoms with Crippen molar-refractivity contribution in [2.24, 2.45) is 5.73 Å². The van der Waals surface area contributed by atoms with Crippen LogP contribution in [0, 0.1) is 24.7 Å². The van der Waals surface area contributed by atoms with Crippen LogP contribution < -0.4 is 27.1 Å². The first-order chi connectivity index (χ1) is 16.9. The number of carbonyl (C=O) groups excluding carboxylic acids is 2. The number of hydrogen-bond acceptors (Lipinski definition) is 6. The van der Waals surface area contributed by atoms with E-state index in [0.29, 0.717) is 12.1 Å². The highest BCUT2D eigenvalue weighted by molar-refractivity contribution is 5.82. The molecule has 2 rings (SSSR count). The summed E-state index contributed by atoms with van der Waals surface area (Å²) in [5.74, 6) is 5.81. The normalized spacial score (nSPS) is 14.1. The number of hydrazine groups is 1. The monoisotopic (exact) mass is 476 g/mol. The van der Waals surface area contributed by atoms with Crippen LogP contribution in [0.2, 0.25) is 0 Å². The van der Waals surface area contributed by atoms with E-state index < -0.39 is 6.17 Å². The summed E-state index contributed by atoms with van der Waals surface area (Å²) >= 11 is 0. The maximum absolute atomic E-state index is 12.1. The summed E-state index contributed by atoms with van der Waals surface area (Å²) in [7, 11) is 1.53. The fourth-order valence-corrected chi connectivity index (χ4v) is 3.12. The van der Waals surface area contributed by atoms with Crippen molar-refractivity contribution in [2.45, 2.75) is 32.4 Å². The van der Waals surface area contributed by atoms with E-state index in [-0.39, 0.29) is 18.4 Å². The van der Waals surface area contributed by atoms with Gasteiger partial charge in [0.15, 0.2) is 6.17 Å². The number of likely N-dealkylation sites (N-methyl/N-ethyl adjacent to an activating group) is 1. The van der Waals surface area contributed by atoms with Crippen LogP contribution in [0.5, 0.6) is 0 Å². The Morgan fingerprint density at radius 1 is 1.23 bits per heavy atom. The van der Waals surface area contributed by atoms with Crippen LogP contribution in [0.15, 0.2) is 54.8 Å². The number of nitrogens with two attached hydrogens (primary N) is 1. The van der Waals surface area contributed by atoms with Crippen molar-refractivity contribution >= 4 is 17.5 Å². The van der Waals surface area contributed by atoms with Gasteiger partial charge < -0.3 is 21.7 Å². The van der Waals surface area contributed by atoms with Crippen LogP contribution in [0.3, 0.4) is 0 Å². The molecule has 0 saturated carbocycles. The number of allylic oxidation sites excluding steroid dienone is 3. The molecular weight excluding hydrogens is 440 g/mol. The quantitative estimate of drug-likeness (QED) is 0.199. The van der Waals surface area contributed by atoms with E-state index in [1.165, 1.54) is 19.9 Å². The fraction of sp³-hybridized carbons (Fsp3) is 0.333. The average molecular weight is 477 g/mol. The Morgan fingerprint density at radius 3 is 2.49 bits per heavy atom. The van der Waals surface area contributed by atoms with Crippen LogP contribution in [0.25, 0.3) is 5.70 Å². The zero-order valence-electron chi connectivity index (χ0n) is 20.6. The highest BCUT2D eigenvalue weighted by Gasteiger charge is 2.13. The molecule has 1 saturated heterocycles. The third-order valence-electron chi connectivity index (χ3n) is 5.01. The molecule has 0 bridgehead atoms. The van der Waals surface area contributed by atoms with Gasteiger partial charge in [-0.2, -0.15) is 0 Å². The second-order valence-corrected chi connectivity index (χ2v) is 7.52. The van der Waals surface area contributed by atoms with Gasteiger partial charge in [-0.3, -0.25) is 9.59 Å². The zero-order chi connectivity index (χ0) is 26.1. The molecule has 0 spiro atoms. The number of terminal acetylenes is 1. The number of rotatable bonds is 10. The first kappa shape index (κ1) is 29.2. The summed E-state index contributed by atoms with van der Waals surface area (Å²) in [6.45, 7) is 8.04. The number of nitrogens with zero attached hydrogens (tertiary/aromatic N) is 1. The topological polar surface area (TPSA) is 112 Å². The SMILES string of the molecule is C#C.C=C(NC(N)C(=O)NC)c1ccc(C#CC/C=C\C(=C/C)NC(=O)CNN2CCCC2)cc1. The third kappa shape index (κ3) is 11.2. The Bertz CT molecular complexity index is 976. The first-order valence-corrected chi connectivity index (χ1v) is 11.4. The Labute approximate surface area is 209 Å². The van der Waals surface area contributed by atoms with Gasteiger partial charge in [-0.1, -0.05) is 42.7 Å². The maximum atomic E-state index is 12.1. The zero-order valence-corrected chi connectivity index (χ0v) is 20.6. The second kappa shape index (κ2) is 16.7. The molecule has 0 radical (unpaired) electrons. The van der Waals surface area contributed by atoms with Crippen molar-refractivity contribution < 1.29 is 9.59 Å². The van der Waals surface area contributed by atoms with Gasteiger partial charge in [0.1, 0.15) is 0 Å². The molecule has 1 aliphatic rings. The maximum Gasteiger partial charge on any atom is 0.257 e. The highest BCUT2D eigenvalue weighted by Crippen LogP contribution is 2.11. The average Bonchev–Trinajstić information content (AvgIpc) is 3.41. The standard InChI is InChI=1S/C25H34N6O2.C2H2/c1-4-22(30-23(32)18-28-31-16-8-9-17-31)11-7-5-6-10-20-12-14-21(15-13-20)19(2)29-24(26)25(33)27-3;1-2/h4,7,11-15,24,28-29H,2,5,8-9,16-18,26H2,1,3H3,(H,27,33)(H,30,32);1-2H/b11-7-,22-4+;. The van der Waals surface area contributed by atoms with Gasteiger partial charge in [0.05, 0.1) is 6.54 Å². The first-order valence-electron chi connectivity index (χ1n) is 11.4. The summed E-state index contributed by atoms with van der Waals surface area (Å²) in [5.41, 5.74) is 11.9. The molecule has 1 aliphatic heterocycles. The molecule has 1 fully saturated rings. The molecule has 186 valence electrons. The molecular formula is C27H36N6O2. The van der Waals surface area contributed by atoms with Gasteiger partial charge in [-0.15, -0.1) is 12.8 Å². The number of benzene rings is 1. The lowest BCUT2D eigenvalue weighted by Crippen LogP contribution is -2.48. The minimum absolute atomic E-state index is 0.0711. The van der Waals surface area contributed by atoms with E-state index in [2.05, 4.69) is 57.7 Å². The molecule has 8 heteroatoms. The summed E-state index contributed by atoms with van der Waals surface area (Å²) in [6, 6.07) is 7.51. The Kier molecular flexibility index (Phi) is 14.0. The van der Waals surface area contributed by atoms with E-state index in [4.69, 9.17) is 5.73 Å². The van der Waals surface area contributed by atoms with Gasteiger partial charge in [0.25, 0.3) is 5.91 Å². The molecule has 1 aromatic carbocycles. The minimum Gasteiger partial charge on any atom is -0.362 e. The van der Waals surface area contributed by atoms with E-state index in [0.717, 1.165) is 29.9 Å². The largest absolute Gasteiger partial charge is 0.362 e. The summed E-state index contributed by atoms with van der Waals surface area (Å²) in [6.07, 6.45) is 15.7. The summed E-state index contributed by atoms with van der Waals surface area (Å²) in [4.78, 5) is 23.6.